The molecular formula is C16H13Cl2N5O. The second-order valence-electron chi connectivity index (χ2n) is 5.11. The summed E-state index contributed by atoms with van der Waals surface area (Å²) in [7, 11) is 0. The number of hydrogen-bond donors (Lipinski definition) is 2. The molecule has 3 rings (SSSR count). The number of carbonyl (C=O) groups is 1. The zero-order chi connectivity index (χ0) is 17.3. The third-order valence-corrected chi connectivity index (χ3v) is 3.77. The van der Waals surface area contributed by atoms with E-state index in [1.807, 2.05) is 25.1 Å². The van der Waals surface area contributed by atoms with Crippen LogP contribution in [-0.2, 0) is 0 Å². The Morgan fingerprint density at radius 2 is 1.92 bits per heavy atom. The Morgan fingerprint density at radius 3 is 2.58 bits per heavy atom. The molecule has 6 nitrogen and oxygen atoms in total. The van der Waals surface area contributed by atoms with Crippen LogP contribution in [-0.4, -0.2) is 16.0 Å². The Hall–Kier alpha value is -2.57. The van der Waals surface area contributed by atoms with Crippen LogP contribution in [0.4, 0.5) is 16.3 Å². The molecule has 1 aromatic carbocycles. The smallest absolute Gasteiger partial charge is 0.331 e. The Balaban J connectivity index is 2.17. The zero-order valence-corrected chi connectivity index (χ0v) is 14.1. The topological polar surface area (TPSA) is 84.1 Å². The molecule has 8 heteroatoms. The van der Waals surface area contributed by atoms with Crippen LogP contribution in [0.3, 0.4) is 0 Å². The van der Waals surface area contributed by atoms with Crippen LogP contribution in [0.25, 0.3) is 11.0 Å². The first-order valence-corrected chi connectivity index (χ1v) is 7.74. The average Bonchev–Trinajstić information content (AvgIpc) is 2.51. The maximum Gasteiger partial charge on any atom is 0.331 e. The first kappa shape index (κ1) is 16.3. The van der Waals surface area contributed by atoms with Gasteiger partial charge in [0, 0.05) is 21.6 Å². The highest BCUT2D eigenvalue weighted by Crippen LogP contribution is 2.30. The molecule has 3 N–H and O–H groups in total. The van der Waals surface area contributed by atoms with Crippen molar-refractivity contribution in [1.29, 1.82) is 0 Å². The van der Waals surface area contributed by atoms with E-state index in [9.17, 15) is 4.79 Å². The molecule has 0 unspecified atom stereocenters. The number of benzene rings is 1. The van der Waals surface area contributed by atoms with Gasteiger partial charge in [-0.2, -0.15) is 0 Å². The fraction of sp³-hybridized carbons (Fsp3) is 0.0625. The molecule has 0 bridgehead atoms. The third kappa shape index (κ3) is 3.34. The standard InChI is InChI=1S/C16H13Cl2N5O/c1-9-5-14(21-15-13(9)3-2-4-20-15)23(22-16(19)24)12-7-10(17)6-11(18)8-12/h2-8H,1H3,(H3,19,22,24). The second kappa shape index (κ2) is 6.51. The average molecular weight is 362 g/mol. The fourth-order valence-electron chi connectivity index (χ4n) is 2.35. The second-order valence-corrected chi connectivity index (χ2v) is 5.98. The third-order valence-electron chi connectivity index (χ3n) is 3.33. The van der Waals surface area contributed by atoms with E-state index < -0.39 is 6.03 Å². The Morgan fingerprint density at radius 1 is 1.21 bits per heavy atom. The lowest BCUT2D eigenvalue weighted by Gasteiger charge is -2.24. The number of pyridine rings is 2. The minimum atomic E-state index is -0.744. The van der Waals surface area contributed by atoms with Gasteiger partial charge < -0.3 is 5.73 Å². The van der Waals surface area contributed by atoms with Crippen molar-refractivity contribution in [2.24, 2.45) is 5.73 Å². The number of urea groups is 1. The van der Waals surface area contributed by atoms with Gasteiger partial charge in [-0.3, -0.25) is 0 Å². The summed E-state index contributed by atoms with van der Waals surface area (Å²) >= 11 is 12.1. The van der Waals surface area contributed by atoms with Gasteiger partial charge in [-0.05, 0) is 48.9 Å². The molecule has 0 spiro atoms. The van der Waals surface area contributed by atoms with Crippen LogP contribution >= 0.6 is 23.2 Å². The number of fused-ring (bicyclic) bond motifs is 1. The molecular weight excluding hydrogens is 349 g/mol. The summed E-state index contributed by atoms with van der Waals surface area (Å²) in [5.41, 5.74) is 9.84. The van der Waals surface area contributed by atoms with E-state index in [4.69, 9.17) is 28.9 Å². The molecule has 0 fully saturated rings. The maximum atomic E-state index is 11.4. The SMILES string of the molecule is Cc1cc(N(NC(N)=O)c2cc(Cl)cc(Cl)c2)nc2ncccc12. The molecule has 0 aliphatic carbocycles. The lowest BCUT2D eigenvalue weighted by atomic mass is 10.2. The highest BCUT2D eigenvalue weighted by atomic mass is 35.5. The van der Waals surface area contributed by atoms with Crippen molar-refractivity contribution in [3.05, 3.63) is 58.2 Å². The van der Waals surface area contributed by atoms with Gasteiger partial charge in [-0.1, -0.05) is 23.2 Å². The van der Waals surface area contributed by atoms with Gasteiger partial charge in [0.1, 0.15) is 0 Å². The Kier molecular flexibility index (Phi) is 4.42. The molecule has 0 saturated carbocycles. The first-order chi connectivity index (χ1) is 11.4. The number of halogens is 2. The number of aromatic nitrogens is 2. The van der Waals surface area contributed by atoms with Crippen LogP contribution in [0.15, 0.2) is 42.6 Å². The number of hydrogen-bond acceptors (Lipinski definition) is 4. The van der Waals surface area contributed by atoms with Crippen molar-refractivity contribution in [2.75, 3.05) is 5.01 Å². The molecule has 0 saturated heterocycles. The molecule has 3 aromatic rings. The normalized spacial score (nSPS) is 10.6. The molecule has 0 aliphatic rings. The van der Waals surface area contributed by atoms with E-state index in [2.05, 4.69) is 15.4 Å². The first-order valence-electron chi connectivity index (χ1n) is 6.99. The zero-order valence-electron chi connectivity index (χ0n) is 12.6. The molecule has 122 valence electrons. The van der Waals surface area contributed by atoms with Crippen molar-refractivity contribution in [3.63, 3.8) is 0 Å². The number of nitrogens with one attached hydrogen (secondary N) is 1. The van der Waals surface area contributed by atoms with Crippen molar-refractivity contribution >= 4 is 51.8 Å². The fourth-order valence-corrected chi connectivity index (χ4v) is 2.87. The Labute approximate surface area is 148 Å². The number of nitrogens with zero attached hydrogens (tertiary/aromatic N) is 3. The summed E-state index contributed by atoms with van der Waals surface area (Å²) in [6.07, 6.45) is 1.65. The van der Waals surface area contributed by atoms with E-state index in [-0.39, 0.29) is 0 Å². The highest BCUT2D eigenvalue weighted by Gasteiger charge is 2.16. The molecule has 0 atom stereocenters. The summed E-state index contributed by atoms with van der Waals surface area (Å²) in [4.78, 5) is 20.2. The number of rotatable bonds is 3. The highest BCUT2D eigenvalue weighted by molar-refractivity contribution is 6.35. The van der Waals surface area contributed by atoms with E-state index in [1.165, 1.54) is 5.01 Å². The lowest BCUT2D eigenvalue weighted by Crippen LogP contribution is -2.42. The van der Waals surface area contributed by atoms with E-state index in [0.717, 1.165) is 10.9 Å². The molecule has 24 heavy (non-hydrogen) atoms. The van der Waals surface area contributed by atoms with E-state index >= 15 is 0 Å². The van der Waals surface area contributed by atoms with Crippen LogP contribution < -0.4 is 16.2 Å². The van der Waals surface area contributed by atoms with Crippen LogP contribution in [0.2, 0.25) is 10.0 Å². The van der Waals surface area contributed by atoms with Crippen molar-refractivity contribution in [3.8, 4) is 0 Å². The van der Waals surface area contributed by atoms with Gasteiger partial charge >= 0.3 is 6.03 Å². The number of primary amides is 1. The number of hydrazine groups is 1. The molecule has 2 heterocycles. The van der Waals surface area contributed by atoms with Gasteiger partial charge in [0.25, 0.3) is 0 Å². The predicted octanol–water partition coefficient (Wildman–Crippen LogP) is 3.97. The van der Waals surface area contributed by atoms with Crippen molar-refractivity contribution in [1.82, 2.24) is 15.4 Å². The number of carbonyl (C=O) groups excluding carboxylic acids is 1. The van der Waals surface area contributed by atoms with E-state index in [0.29, 0.717) is 27.2 Å². The predicted molar refractivity (Wildman–Crippen MR) is 95.6 cm³/mol. The molecule has 0 radical (unpaired) electrons. The summed E-state index contributed by atoms with van der Waals surface area (Å²) < 4.78 is 0. The molecule has 2 amide bonds. The van der Waals surface area contributed by atoms with Gasteiger partial charge in [0.15, 0.2) is 11.5 Å². The summed E-state index contributed by atoms with van der Waals surface area (Å²) in [6.45, 7) is 1.93. The van der Waals surface area contributed by atoms with Gasteiger partial charge in [0.05, 0.1) is 5.69 Å². The molecule has 2 aromatic heterocycles. The monoisotopic (exact) mass is 361 g/mol. The Bertz CT molecular complexity index is 911. The summed E-state index contributed by atoms with van der Waals surface area (Å²) in [5, 5.41) is 3.18. The largest absolute Gasteiger partial charge is 0.350 e. The minimum Gasteiger partial charge on any atom is -0.350 e. The number of aryl methyl sites for hydroxylation is 1. The summed E-state index contributed by atoms with van der Waals surface area (Å²) in [5.74, 6) is 0.441. The minimum absolute atomic E-state index is 0.421. The molecule has 0 aliphatic heterocycles. The number of nitrogens with two attached hydrogens (primary N) is 1. The van der Waals surface area contributed by atoms with Crippen LogP contribution in [0.1, 0.15) is 5.56 Å². The van der Waals surface area contributed by atoms with Gasteiger partial charge in [-0.25, -0.2) is 25.2 Å². The van der Waals surface area contributed by atoms with Crippen molar-refractivity contribution < 1.29 is 4.79 Å². The van der Waals surface area contributed by atoms with Gasteiger partial charge in [0.2, 0.25) is 0 Å². The van der Waals surface area contributed by atoms with Gasteiger partial charge in [-0.15, -0.1) is 0 Å². The number of amides is 2. The summed E-state index contributed by atoms with van der Waals surface area (Å²) in [6, 6.07) is 9.71. The lowest BCUT2D eigenvalue weighted by molar-refractivity contribution is 0.249. The van der Waals surface area contributed by atoms with Crippen LogP contribution in [0, 0.1) is 6.92 Å². The number of anilines is 2. The van der Waals surface area contributed by atoms with Crippen LogP contribution in [0.5, 0.6) is 0 Å². The van der Waals surface area contributed by atoms with Crippen molar-refractivity contribution in [2.45, 2.75) is 6.92 Å². The quantitative estimate of drug-likeness (QED) is 0.691. The maximum absolute atomic E-state index is 11.4. The van der Waals surface area contributed by atoms with E-state index in [1.54, 1.807) is 24.4 Å².